The van der Waals surface area contributed by atoms with Crippen LogP contribution in [0.1, 0.15) is 93.5 Å². The number of aryl methyl sites for hydroxylation is 5. The van der Waals surface area contributed by atoms with Crippen molar-refractivity contribution in [1.82, 2.24) is 0 Å². The summed E-state index contributed by atoms with van der Waals surface area (Å²) in [6.45, 7) is 35.4. The molecule has 0 aliphatic carbocycles. The fourth-order valence-electron chi connectivity index (χ4n) is 5.82. The van der Waals surface area contributed by atoms with Crippen LogP contribution in [0.2, 0.25) is 0 Å². The van der Waals surface area contributed by atoms with Crippen LogP contribution in [0.15, 0.2) is 124 Å². The van der Waals surface area contributed by atoms with Gasteiger partial charge in [-0.1, -0.05) is 98.6 Å². The van der Waals surface area contributed by atoms with E-state index in [4.69, 9.17) is 73.0 Å². The molecule has 31 heteroatoms. The molecule has 4 N–H and O–H groups in total. The molecule has 0 amide bonds. The second kappa shape index (κ2) is 60.0. The molecular weight excluding hydrogens is 1500 g/mol. The number of benzene rings is 6. The molecule has 0 aromatic heterocycles. The molecule has 0 fully saturated rings. The second-order valence-corrected chi connectivity index (χ2v) is 22.4. The fraction of sp³-hybridized carbons (Fsp3) is 0.207. The van der Waals surface area contributed by atoms with Gasteiger partial charge in [-0.25, -0.2) is 42.1 Å². The minimum atomic E-state index is -1.67. The standard InChI is InChI=1S/C10H9NO2.C10H12O2.C9H9BrO2.C9H6ClNO.C9H7NO2.C8H7BrO2.CH3F.CN.CH4O.2Cl2OS.Cu.Na.H2O/c1-7-6-8(11-2)4-5-9(7)10(12)13-3;1-8(11)7-9-3-5-10(12-2)6-4-9;1-6-5-7(10)3-4-8(6)9(11)12-2;1-6-5-7(11-2)3-4-8(6)9(10)12;1-6-5-7(10-2)3-4-8(6)9(11)12;1-5-4-6(9)2-3-7(5)8(10)11;3*1-2;2*1-4(2)3;;;/h4-6H,1,3H3;3-6H,7H2,1-2H3;3-5H,1-2H3;3-5H,1H3;3-5H,1H3,(H,11,12);2-4H,1H3,(H,10,11);1H3;;2H,1H3;;;;;1H2/q;;;;;;;-1;;;;2*+1;/p-1/i;;;;;;1D;;;;;;;. The maximum Gasteiger partial charge on any atom is 1.00 e. The van der Waals surface area contributed by atoms with Crippen LogP contribution in [-0.2, 0) is 56.2 Å². The number of ketones is 1. The average Bonchev–Trinajstić information content (AvgIpc) is 3.46. The minimum absolute atomic E-state index is 0. The first-order valence-corrected chi connectivity index (χ1v) is 30.3. The first-order chi connectivity index (χ1) is 40.8. The van der Waals surface area contributed by atoms with Crippen molar-refractivity contribution < 1.29 is 125 Å². The van der Waals surface area contributed by atoms with Gasteiger partial charge in [-0.3, -0.25) is 14.0 Å². The number of ether oxygens (including phenoxy) is 3. The number of esters is 2. The third-order valence-electron chi connectivity index (χ3n) is 9.49. The van der Waals surface area contributed by atoms with Crippen molar-refractivity contribution in [3.05, 3.63) is 226 Å². The Hall–Kier alpha value is -5.62. The van der Waals surface area contributed by atoms with Crippen LogP contribution in [0.4, 0.5) is 21.5 Å². The summed E-state index contributed by atoms with van der Waals surface area (Å²) in [4.78, 5) is 74.5. The quantitative estimate of drug-likeness (QED) is 0.0552. The largest absolute Gasteiger partial charge is 1.00 e. The van der Waals surface area contributed by atoms with Crippen LogP contribution in [0.3, 0.4) is 0 Å². The number of carboxylic acid groups (broad SMARTS) is 2. The Labute approximate surface area is 596 Å². The minimum Gasteiger partial charge on any atom is -0.870 e. The van der Waals surface area contributed by atoms with E-state index in [-0.39, 0.29) is 75.4 Å². The number of carbonyl (C=O) groups is 6. The van der Waals surface area contributed by atoms with Crippen LogP contribution in [0.5, 0.6) is 5.75 Å². The van der Waals surface area contributed by atoms with Crippen molar-refractivity contribution in [1.29, 1.82) is 5.26 Å². The fourth-order valence-corrected chi connectivity index (χ4v) is 6.98. The Morgan fingerprint density at radius 3 is 1.06 bits per heavy atom. The van der Waals surface area contributed by atoms with E-state index in [1.165, 1.54) is 26.4 Å². The number of aliphatic hydroxyl groups excluding tert-OH is 1. The molecular formula is C58H58Br2Cl5CuFN4NaO15S2. The third kappa shape index (κ3) is 47.9. The van der Waals surface area contributed by atoms with Crippen LogP contribution in [-0.4, -0.2) is 99.7 Å². The van der Waals surface area contributed by atoms with Crippen molar-refractivity contribution in [2.45, 2.75) is 48.0 Å². The number of hydrogen-bond donors (Lipinski definition) is 3. The molecule has 0 saturated carbocycles. The molecule has 0 heterocycles. The summed E-state index contributed by atoms with van der Waals surface area (Å²) in [6.07, 6.45) is 0.504. The van der Waals surface area contributed by atoms with Crippen molar-refractivity contribution in [2.24, 2.45) is 0 Å². The van der Waals surface area contributed by atoms with E-state index in [0.717, 1.165) is 49.6 Å². The Morgan fingerprint density at radius 2 is 0.831 bits per heavy atom. The van der Waals surface area contributed by atoms with Gasteiger partial charge in [0, 0.05) is 70.8 Å². The zero-order valence-corrected chi connectivity index (χ0v) is 60.6. The Balaban J connectivity index is -0.000000142. The smallest absolute Gasteiger partial charge is 0.870 e. The van der Waals surface area contributed by atoms with E-state index in [0.29, 0.717) is 51.3 Å². The topological polar surface area (TPSA) is 292 Å². The molecule has 0 bridgehead atoms. The zero-order chi connectivity index (χ0) is 68.5. The van der Waals surface area contributed by atoms with E-state index in [2.05, 4.69) is 98.6 Å². The molecule has 0 aliphatic heterocycles. The Kier molecular flexibility index (Phi) is 65.4. The van der Waals surface area contributed by atoms with Crippen LogP contribution in [0, 0.1) is 66.2 Å². The van der Waals surface area contributed by atoms with Gasteiger partial charge in [-0.05, 0) is 135 Å². The predicted octanol–water partition coefficient (Wildman–Crippen LogP) is 13.5. The number of methoxy groups -OCH3 is 3. The summed E-state index contributed by atoms with van der Waals surface area (Å²) in [5.41, 5.74) is 8.55. The van der Waals surface area contributed by atoms with E-state index in [1.54, 1.807) is 108 Å². The van der Waals surface area contributed by atoms with Crippen molar-refractivity contribution >= 4 is 157 Å². The van der Waals surface area contributed by atoms with Crippen LogP contribution < -0.4 is 34.3 Å². The van der Waals surface area contributed by atoms with Crippen molar-refractivity contribution in [3.8, 4) is 5.75 Å². The number of nitrogens with zero attached hydrogens (tertiary/aromatic N) is 4. The van der Waals surface area contributed by atoms with Gasteiger partial charge in [0.2, 0.25) is 18.5 Å². The van der Waals surface area contributed by atoms with Crippen molar-refractivity contribution in [3.63, 3.8) is 0 Å². The van der Waals surface area contributed by atoms with Gasteiger partial charge in [0.1, 0.15) is 11.5 Å². The maximum absolute atomic E-state index is 11.1. The number of carbonyl (C=O) groups excluding carboxylic acids is 4. The number of aromatic carboxylic acids is 2. The number of aliphatic hydroxyl groups is 1. The molecule has 89 heavy (non-hydrogen) atoms. The number of hydrogen-bond acceptors (Lipinski definition) is 14. The van der Waals surface area contributed by atoms with Crippen molar-refractivity contribution in [2.75, 3.05) is 35.6 Å². The van der Waals surface area contributed by atoms with E-state index < -0.39 is 42.8 Å². The Bertz CT molecular complexity index is 3300. The molecule has 0 atom stereocenters. The van der Waals surface area contributed by atoms with E-state index >= 15 is 0 Å². The maximum atomic E-state index is 11.1. The summed E-state index contributed by atoms with van der Waals surface area (Å²) in [5.74, 6) is -1.49. The van der Waals surface area contributed by atoms with Gasteiger partial charge in [-0.2, -0.15) is 0 Å². The van der Waals surface area contributed by atoms with Gasteiger partial charge in [0.25, 0.3) is 5.24 Å². The molecule has 480 valence electrons. The molecule has 6 rings (SSSR count). The molecule has 0 unspecified atom stereocenters. The number of halogens is 8. The number of Topliss-reactive ketones (excluding diaryl/α,β-unsaturated/α-hetero) is 1. The number of rotatable bonds is 8. The molecule has 6 aromatic rings. The van der Waals surface area contributed by atoms with Gasteiger partial charge >= 0.3 is 70.5 Å². The van der Waals surface area contributed by atoms with E-state index in [9.17, 15) is 33.2 Å². The van der Waals surface area contributed by atoms with Gasteiger partial charge in [-0.15, -0.1) is 0 Å². The van der Waals surface area contributed by atoms with Crippen LogP contribution in [0.25, 0.3) is 14.5 Å². The van der Waals surface area contributed by atoms with Gasteiger partial charge in [0.05, 0.1) is 71.8 Å². The summed E-state index contributed by atoms with van der Waals surface area (Å²) in [5, 5.41) is 30.1. The monoisotopic (exact) mass is 1550 g/mol. The van der Waals surface area contributed by atoms with Gasteiger partial charge < -0.3 is 46.8 Å². The first kappa shape index (κ1) is 97.0. The van der Waals surface area contributed by atoms with E-state index in [1.807, 2.05) is 43.3 Å². The van der Waals surface area contributed by atoms with Gasteiger partial charge in [0.15, 0.2) is 17.1 Å². The van der Waals surface area contributed by atoms with Crippen LogP contribution >= 0.6 is 86.2 Å². The molecule has 0 saturated heterocycles. The number of alkyl halides is 1. The summed E-state index contributed by atoms with van der Waals surface area (Å²) >= 11 is 11.9. The summed E-state index contributed by atoms with van der Waals surface area (Å²) in [7, 11) is 19.1. The predicted molar refractivity (Wildman–Crippen MR) is 346 cm³/mol. The molecule has 0 spiro atoms. The average molecular weight is 1560 g/mol. The first-order valence-electron chi connectivity index (χ1n) is 23.5. The molecule has 6 aromatic carbocycles. The Morgan fingerprint density at radius 1 is 0.573 bits per heavy atom. The SMILES string of the molecule is CO.COC(=O)c1ccc(Br)cc1C.COc1ccc(CC(C)=O)cc1.Cc1cc(Br)ccc1C(=O)O.O=S(Cl)Cl.O=S(Cl)Cl.[2H]CF.[C-]#N.[C-]#[N+]c1ccc(C(=O)Cl)c(C)c1.[C-]#[N+]c1ccc(C(=O)O)c(C)c1.[C-]#[N+]c1ccc(C(=O)OC)c(C)c1.[Cu+].[Na+].[OH-]. The summed E-state index contributed by atoms with van der Waals surface area (Å²) in [6, 6.07) is 32.2. The number of carboxylic acids is 2. The molecule has 0 radical (unpaired) electrons. The zero-order valence-electron chi connectivity index (χ0n) is 50.1. The summed E-state index contributed by atoms with van der Waals surface area (Å²) < 4.78 is 49.7. The molecule has 19 nitrogen and oxygen atoms in total. The third-order valence-corrected chi connectivity index (χ3v) is 10.7. The molecule has 0 aliphatic rings. The normalized spacial score (nSPS) is 8.61. The second-order valence-electron chi connectivity index (χ2n) is 15.2.